The summed E-state index contributed by atoms with van der Waals surface area (Å²) in [4.78, 5) is 22.1. The van der Waals surface area contributed by atoms with Crippen LogP contribution in [0.25, 0.3) is 0 Å². The SMILES string of the molecule is Cc1cc(F)cc(C(=O)NCC(C)(C)N)c1[N+](=O)[O-].Cl. The number of halogens is 2. The van der Waals surface area contributed by atoms with Gasteiger partial charge in [0.1, 0.15) is 11.4 Å². The molecule has 0 aliphatic rings. The standard InChI is InChI=1S/C12H16FN3O3.ClH/c1-7-4-8(13)5-9(10(7)16(18)19)11(17)15-6-12(2,3)14;/h4-5H,6,14H2,1-3H3,(H,15,17);1H. The van der Waals surface area contributed by atoms with Crippen LogP contribution in [0, 0.1) is 22.9 Å². The van der Waals surface area contributed by atoms with Crippen molar-refractivity contribution < 1.29 is 14.1 Å². The molecule has 0 unspecified atom stereocenters. The minimum absolute atomic E-state index is 0. The van der Waals surface area contributed by atoms with Crippen LogP contribution in [0.1, 0.15) is 29.8 Å². The molecule has 0 fully saturated rings. The van der Waals surface area contributed by atoms with E-state index in [0.29, 0.717) is 0 Å². The predicted molar refractivity (Wildman–Crippen MR) is 75.6 cm³/mol. The van der Waals surface area contributed by atoms with Gasteiger partial charge in [0.05, 0.1) is 4.92 Å². The zero-order valence-corrected chi connectivity index (χ0v) is 12.2. The van der Waals surface area contributed by atoms with Crippen LogP contribution in [-0.2, 0) is 0 Å². The molecule has 1 aromatic carbocycles. The largest absolute Gasteiger partial charge is 0.350 e. The Morgan fingerprint density at radius 2 is 2.05 bits per heavy atom. The number of benzene rings is 1. The Bertz CT molecular complexity index is 529. The number of hydrogen-bond donors (Lipinski definition) is 2. The first-order chi connectivity index (χ1) is 8.61. The molecule has 0 heterocycles. The van der Waals surface area contributed by atoms with Crippen molar-refractivity contribution in [2.24, 2.45) is 5.73 Å². The summed E-state index contributed by atoms with van der Waals surface area (Å²) in [5, 5.41) is 13.4. The van der Waals surface area contributed by atoms with Crippen molar-refractivity contribution in [1.29, 1.82) is 0 Å². The predicted octanol–water partition coefficient (Wildman–Crippen LogP) is 1.93. The Hall–Kier alpha value is -1.73. The van der Waals surface area contributed by atoms with Crippen molar-refractivity contribution >= 4 is 24.0 Å². The van der Waals surface area contributed by atoms with E-state index in [2.05, 4.69) is 5.32 Å². The maximum Gasteiger partial charge on any atom is 0.285 e. The summed E-state index contributed by atoms with van der Waals surface area (Å²) in [5.74, 6) is -1.41. The van der Waals surface area contributed by atoms with Crippen molar-refractivity contribution in [2.45, 2.75) is 26.3 Å². The lowest BCUT2D eigenvalue weighted by Crippen LogP contribution is -2.45. The third kappa shape index (κ3) is 4.75. The summed E-state index contributed by atoms with van der Waals surface area (Å²) in [6.07, 6.45) is 0. The number of nitrogens with zero attached hydrogens (tertiary/aromatic N) is 1. The van der Waals surface area contributed by atoms with E-state index in [4.69, 9.17) is 5.73 Å². The molecule has 0 aliphatic carbocycles. The summed E-state index contributed by atoms with van der Waals surface area (Å²) >= 11 is 0. The Kier molecular flexibility index (Phi) is 6.05. The second kappa shape index (κ2) is 6.62. The number of nitro groups is 1. The average molecular weight is 306 g/mol. The fourth-order valence-electron chi connectivity index (χ4n) is 1.55. The van der Waals surface area contributed by atoms with Crippen LogP contribution < -0.4 is 11.1 Å². The Morgan fingerprint density at radius 3 is 2.50 bits per heavy atom. The minimum Gasteiger partial charge on any atom is -0.350 e. The second-order valence-electron chi connectivity index (χ2n) is 5.05. The van der Waals surface area contributed by atoms with E-state index in [-0.39, 0.29) is 30.1 Å². The number of aryl methyl sites for hydroxylation is 1. The van der Waals surface area contributed by atoms with Gasteiger partial charge in [-0.1, -0.05) is 0 Å². The summed E-state index contributed by atoms with van der Waals surface area (Å²) in [6.45, 7) is 4.89. The number of nitrogens with one attached hydrogen (secondary N) is 1. The molecule has 0 saturated heterocycles. The van der Waals surface area contributed by atoms with Gasteiger partial charge in [-0.05, 0) is 32.9 Å². The van der Waals surface area contributed by atoms with Crippen molar-refractivity contribution in [1.82, 2.24) is 5.32 Å². The molecule has 8 heteroatoms. The number of carbonyl (C=O) groups is 1. The first-order valence-electron chi connectivity index (χ1n) is 5.63. The number of carbonyl (C=O) groups excluding carboxylic acids is 1. The third-order valence-electron chi connectivity index (χ3n) is 2.40. The summed E-state index contributed by atoms with van der Waals surface area (Å²) < 4.78 is 13.3. The molecule has 6 nitrogen and oxygen atoms in total. The highest BCUT2D eigenvalue weighted by molar-refractivity contribution is 5.98. The van der Waals surface area contributed by atoms with Crippen LogP contribution in [0.2, 0.25) is 0 Å². The van der Waals surface area contributed by atoms with Gasteiger partial charge in [0, 0.05) is 17.6 Å². The molecule has 1 amide bonds. The Morgan fingerprint density at radius 1 is 1.50 bits per heavy atom. The molecule has 0 bridgehead atoms. The first kappa shape index (κ1) is 18.3. The van der Waals surface area contributed by atoms with Gasteiger partial charge in [0.2, 0.25) is 0 Å². The van der Waals surface area contributed by atoms with Crippen LogP contribution in [0.4, 0.5) is 10.1 Å². The zero-order chi connectivity index (χ0) is 14.8. The normalized spacial score (nSPS) is 10.7. The zero-order valence-electron chi connectivity index (χ0n) is 11.4. The first-order valence-corrected chi connectivity index (χ1v) is 5.63. The smallest absolute Gasteiger partial charge is 0.285 e. The van der Waals surface area contributed by atoms with E-state index in [1.807, 2.05) is 0 Å². The lowest BCUT2D eigenvalue weighted by atomic mass is 10.1. The van der Waals surface area contributed by atoms with Gasteiger partial charge in [-0.15, -0.1) is 12.4 Å². The topological polar surface area (TPSA) is 98.3 Å². The van der Waals surface area contributed by atoms with E-state index in [0.717, 1.165) is 12.1 Å². The van der Waals surface area contributed by atoms with E-state index >= 15 is 0 Å². The summed E-state index contributed by atoms with van der Waals surface area (Å²) in [5.41, 5.74) is 4.44. The lowest BCUT2D eigenvalue weighted by molar-refractivity contribution is -0.385. The van der Waals surface area contributed by atoms with E-state index in [9.17, 15) is 19.3 Å². The number of hydrogen-bond acceptors (Lipinski definition) is 4. The molecular formula is C12H17ClFN3O3. The molecule has 0 aromatic heterocycles. The van der Waals surface area contributed by atoms with E-state index in [1.54, 1.807) is 13.8 Å². The molecule has 0 spiro atoms. The summed E-state index contributed by atoms with van der Waals surface area (Å²) in [6, 6.07) is 1.87. The highest BCUT2D eigenvalue weighted by Crippen LogP contribution is 2.24. The molecule has 0 aliphatic heterocycles. The molecule has 20 heavy (non-hydrogen) atoms. The van der Waals surface area contributed by atoms with Gasteiger partial charge >= 0.3 is 0 Å². The van der Waals surface area contributed by atoms with E-state index < -0.39 is 27.9 Å². The monoisotopic (exact) mass is 305 g/mol. The number of amides is 1. The summed E-state index contributed by atoms with van der Waals surface area (Å²) in [7, 11) is 0. The maximum absolute atomic E-state index is 13.3. The molecule has 3 N–H and O–H groups in total. The fraction of sp³-hybridized carbons (Fsp3) is 0.417. The van der Waals surface area contributed by atoms with Gasteiger partial charge in [0.25, 0.3) is 11.6 Å². The molecule has 1 rings (SSSR count). The minimum atomic E-state index is -0.715. The molecule has 112 valence electrons. The highest BCUT2D eigenvalue weighted by Gasteiger charge is 2.25. The fourth-order valence-corrected chi connectivity index (χ4v) is 1.55. The number of nitro benzene ring substituents is 1. The highest BCUT2D eigenvalue weighted by atomic mass is 35.5. The van der Waals surface area contributed by atoms with Gasteiger partial charge < -0.3 is 11.1 Å². The van der Waals surface area contributed by atoms with Crippen LogP contribution in [0.5, 0.6) is 0 Å². The molecule has 0 saturated carbocycles. The molecule has 0 atom stereocenters. The van der Waals surface area contributed by atoms with Gasteiger partial charge in [0.15, 0.2) is 0 Å². The van der Waals surface area contributed by atoms with Crippen molar-refractivity contribution in [3.63, 3.8) is 0 Å². The van der Waals surface area contributed by atoms with Crippen LogP contribution in [0.15, 0.2) is 12.1 Å². The number of rotatable bonds is 4. The second-order valence-corrected chi connectivity index (χ2v) is 5.05. The lowest BCUT2D eigenvalue weighted by Gasteiger charge is -2.19. The van der Waals surface area contributed by atoms with Crippen LogP contribution >= 0.6 is 12.4 Å². The quantitative estimate of drug-likeness (QED) is 0.656. The van der Waals surface area contributed by atoms with Crippen LogP contribution in [0.3, 0.4) is 0 Å². The van der Waals surface area contributed by atoms with Gasteiger partial charge in [-0.2, -0.15) is 0 Å². The van der Waals surface area contributed by atoms with E-state index in [1.165, 1.54) is 6.92 Å². The Balaban J connectivity index is 0.00000361. The van der Waals surface area contributed by atoms with Crippen LogP contribution in [-0.4, -0.2) is 22.9 Å². The number of nitrogens with two attached hydrogens (primary N) is 1. The average Bonchev–Trinajstić information content (AvgIpc) is 2.22. The molecular weight excluding hydrogens is 289 g/mol. The maximum atomic E-state index is 13.3. The Labute approximate surface area is 122 Å². The van der Waals surface area contributed by atoms with Crippen molar-refractivity contribution in [2.75, 3.05) is 6.54 Å². The van der Waals surface area contributed by atoms with Crippen molar-refractivity contribution in [3.8, 4) is 0 Å². The molecule has 0 radical (unpaired) electrons. The third-order valence-corrected chi connectivity index (χ3v) is 2.40. The van der Waals surface area contributed by atoms with Gasteiger partial charge in [-0.25, -0.2) is 4.39 Å². The van der Waals surface area contributed by atoms with Crippen molar-refractivity contribution in [3.05, 3.63) is 39.2 Å². The molecule has 1 aromatic rings. The van der Waals surface area contributed by atoms with Gasteiger partial charge in [-0.3, -0.25) is 14.9 Å².